The number of allylic oxidation sites excluding steroid dienone is 4. The molecule has 0 aliphatic carbocycles. The second-order valence-electron chi connectivity index (χ2n) is 8.05. The minimum Gasteiger partial charge on any atom is -0.300 e. The number of carbonyl (C=O) groups is 2. The van der Waals surface area contributed by atoms with Gasteiger partial charge in [0.05, 0.1) is 0 Å². The summed E-state index contributed by atoms with van der Waals surface area (Å²) in [5.41, 5.74) is 0.365. The van der Waals surface area contributed by atoms with Crippen molar-refractivity contribution in [2.24, 2.45) is 11.8 Å². The van der Waals surface area contributed by atoms with Crippen molar-refractivity contribution in [2.45, 2.75) is 105 Å². The van der Waals surface area contributed by atoms with Gasteiger partial charge in [0.15, 0.2) is 0 Å². The van der Waals surface area contributed by atoms with Crippen LogP contribution in [-0.2, 0) is 9.59 Å². The highest BCUT2D eigenvalue weighted by Gasteiger charge is 2.18. The van der Waals surface area contributed by atoms with E-state index in [0.717, 1.165) is 44.9 Å². The summed E-state index contributed by atoms with van der Waals surface area (Å²) < 4.78 is 29.6. The van der Waals surface area contributed by atoms with Crippen LogP contribution in [0.25, 0.3) is 0 Å². The Morgan fingerprint density at radius 2 is 1.46 bits per heavy atom. The molecule has 0 fully saturated rings. The highest BCUT2D eigenvalue weighted by Crippen LogP contribution is 2.30. The highest BCUT2D eigenvalue weighted by atomic mass is 19.1. The van der Waals surface area contributed by atoms with Crippen LogP contribution in [0, 0.1) is 11.8 Å². The van der Waals surface area contributed by atoms with Gasteiger partial charge in [0, 0.05) is 24.7 Å². The molecule has 0 aromatic heterocycles. The molecule has 0 radical (unpaired) electrons. The summed E-state index contributed by atoms with van der Waals surface area (Å²) in [6.07, 6.45) is 8.99. The third kappa shape index (κ3) is 12.2. The summed E-state index contributed by atoms with van der Waals surface area (Å²) in [4.78, 5) is 23.2. The summed E-state index contributed by atoms with van der Waals surface area (Å²) in [7, 11) is 0. The molecular formula is C24H40F2O2. The maximum Gasteiger partial charge on any atom is 0.136 e. The Morgan fingerprint density at radius 3 is 1.96 bits per heavy atom. The van der Waals surface area contributed by atoms with Crippen LogP contribution >= 0.6 is 0 Å². The van der Waals surface area contributed by atoms with Crippen molar-refractivity contribution in [3.05, 3.63) is 23.3 Å². The average molecular weight is 399 g/mol. The van der Waals surface area contributed by atoms with E-state index in [9.17, 15) is 18.4 Å². The van der Waals surface area contributed by atoms with Crippen LogP contribution in [0.5, 0.6) is 0 Å². The van der Waals surface area contributed by atoms with Gasteiger partial charge in [-0.1, -0.05) is 59.3 Å². The van der Waals surface area contributed by atoms with Gasteiger partial charge in [-0.05, 0) is 44.8 Å². The molecule has 0 aromatic carbocycles. The summed E-state index contributed by atoms with van der Waals surface area (Å²) in [5.74, 6) is -1.57. The van der Waals surface area contributed by atoms with Crippen molar-refractivity contribution >= 4 is 11.6 Å². The largest absolute Gasteiger partial charge is 0.300 e. The Balaban J connectivity index is 5.29. The second kappa shape index (κ2) is 15.6. The molecule has 0 saturated carbocycles. The van der Waals surface area contributed by atoms with Crippen molar-refractivity contribution in [1.29, 1.82) is 0 Å². The molecular weight excluding hydrogens is 358 g/mol. The van der Waals surface area contributed by atoms with Gasteiger partial charge in [0.1, 0.15) is 23.2 Å². The number of carbonyl (C=O) groups excluding carboxylic acids is 2. The van der Waals surface area contributed by atoms with Crippen LogP contribution in [0.1, 0.15) is 105 Å². The quantitative estimate of drug-likeness (QED) is 0.248. The average Bonchev–Trinajstić information content (AvgIpc) is 2.63. The Morgan fingerprint density at radius 1 is 0.893 bits per heavy atom. The number of ketones is 2. The van der Waals surface area contributed by atoms with E-state index < -0.39 is 11.7 Å². The zero-order valence-electron chi connectivity index (χ0n) is 18.6. The molecule has 0 rings (SSSR count). The van der Waals surface area contributed by atoms with Gasteiger partial charge >= 0.3 is 0 Å². The smallest absolute Gasteiger partial charge is 0.136 e. The van der Waals surface area contributed by atoms with Gasteiger partial charge in [-0.15, -0.1) is 0 Å². The molecule has 0 aliphatic rings. The molecule has 0 aliphatic heterocycles. The molecule has 0 saturated heterocycles. The molecule has 0 heterocycles. The van der Waals surface area contributed by atoms with Crippen LogP contribution in [0.3, 0.4) is 0 Å². The standard InChI is InChI=1S/C24H40F2O2/c1-6-8-10-12-18(3)24(26)22(15-14-19(4)27)17-23(25)16-21(20(5)28)13-11-9-7-2/h16,18,21H,6-15,17H2,1-5H3/b23-16-,24-22-. The predicted molar refractivity (Wildman–Crippen MR) is 113 cm³/mol. The third-order valence-corrected chi connectivity index (χ3v) is 5.20. The Kier molecular flexibility index (Phi) is 14.9. The molecule has 0 amide bonds. The van der Waals surface area contributed by atoms with E-state index in [2.05, 4.69) is 13.8 Å². The fourth-order valence-electron chi connectivity index (χ4n) is 3.29. The molecule has 0 spiro atoms. The van der Waals surface area contributed by atoms with E-state index in [1.54, 1.807) is 0 Å². The van der Waals surface area contributed by atoms with Crippen LogP contribution < -0.4 is 0 Å². The summed E-state index contributed by atoms with van der Waals surface area (Å²) in [6, 6.07) is 0. The lowest BCUT2D eigenvalue weighted by Gasteiger charge is -2.15. The van der Waals surface area contributed by atoms with E-state index in [-0.39, 0.29) is 42.6 Å². The van der Waals surface area contributed by atoms with Crippen molar-refractivity contribution in [1.82, 2.24) is 0 Å². The Hall–Kier alpha value is -1.32. The second-order valence-corrected chi connectivity index (χ2v) is 8.05. The summed E-state index contributed by atoms with van der Waals surface area (Å²) in [6.45, 7) is 8.94. The van der Waals surface area contributed by atoms with Gasteiger partial charge in [-0.25, -0.2) is 8.78 Å². The molecule has 0 aromatic rings. The van der Waals surface area contributed by atoms with Crippen LogP contribution in [-0.4, -0.2) is 11.6 Å². The number of rotatable bonds is 16. The molecule has 0 N–H and O–H groups in total. The molecule has 0 bridgehead atoms. The van der Waals surface area contributed by atoms with Crippen molar-refractivity contribution < 1.29 is 18.4 Å². The molecule has 2 atom stereocenters. The number of Topliss-reactive ketones (excluding diaryl/α,β-unsaturated/α-hetero) is 2. The highest BCUT2D eigenvalue weighted by molar-refractivity contribution is 5.80. The van der Waals surface area contributed by atoms with E-state index in [0.29, 0.717) is 12.0 Å². The Bertz CT molecular complexity index is 535. The first-order chi connectivity index (χ1) is 13.2. The minimum absolute atomic E-state index is 0.0329. The minimum atomic E-state index is -0.467. The maximum atomic E-state index is 15.0. The van der Waals surface area contributed by atoms with Crippen LogP contribution in [0.15, 0.2) is 23.3 Å². The SMILES string of the molecule is CCCCCC(/C=C(\F)C/C(CCC(C)=O)=C(\F)C(C)CCCCC)C(C)=O. The van der Waals surface area contributed by atoms with Crippen molar-refractivity contribution in [2.75, 3.05) is 0 Å². The molecule has 162 valence electrons. The summed E-state index contributed by atoms with van der Waals surface area (Å²) >= 11 is 0. The van der Waals surface area contributed by atoms with E-state index >= 15 is 0 Å². The first-order valence-electron chi connectivity index (χ1n) is 11.0. The van der Waals surface area contributed by atoms with Crippen LogP contribution in [0.4, 0.5) is 8.78 Å². The predicted octanol–water partition coefficient (Wildman–Crippen LogP) is 7.82. The van der Waals surface area contributed by atoms with Crippen molar-refractivity contribution in [3.63, 3.8) is 0 Å². The number of hydrogen-bond donors (Lipinski definition) is 0. The topological polar surface area (TPSA) is 34.1 Å². The Labute approximate surface area is 170 Å². The lowest BCUT2D eigenvalue weighted by atomic mass is 9.92. The zero-order valence-corrected chi connectivity index (χ0v) is 18.6. The fraction of sp³-hybridized carbons (Fsp3) is 0.750. The van der Waals surface area contributed by atoms with Gasteiger partial charge in [-0.2, -0.15) is 0 Å². The normalized spacial score (nSPS) is 15.2. The van der Waals surface area contributed by atoms with Crippen LogP contribution in [0.2, 0.25) is 0 Å². The lowest BCUT2D eigenvalue weighted by molar-refractivity contribution is -0.119. The van der Waals surface area contributed by atoms with E-state index in [1.165, 1.54) is 19.9 Å². The maximum absolute atomic E-state index is 15.0. The van der Waals surface area contributed by atoms with Gasteiger partial charge in [-0.3, -0.25) is 4.79 Å². The number of hydrogen-bond acceptors (Lipinski definition) is 2. The number of unbranched alkanes of at least 4 members (excludes halogenated alkanes) is 4. The monoisotopic (exact) mass is 398 g/mol. The lowest BCUT2D eigenvalue weighted by Crippen LogP contribution is -2.09. The van der Waals surface area contributed by atoms with E-state index in [1.807, 2.05) is 6.92 Å². The van der Waals surface area contributed by atoms with Gasteiger partial charge in [0.25, 0.3) is 0 Å². The van der Waals surface area contributed by atoms with Crippen molar-refractivity contribution in [3.8, 4) is 0 Å². The first-order valence-corrected chi connectivity index (χ1v) is 11.0. The molecule has 2 nitrogen and oxygen atoms in total. The van der Waals surface area contributed by atoms with E-state index in [4.69, 9.17) is 0 Å². The first kappa shape index (κ1) is 26.7. The molecule has 4 heteroatoms. The molecule has 28 heavy (non-hydrogen) atoms. The molecule has 2 unspecified atom stereocenters. The zero-order chi connectivity index (χ0) is 21.5. The number of halogens is 2. The van der Waals surface area contributed by atoms with Gasteiger partial charge < -0.3 is 4.79 Å². The summed E-state index contributed by atoms with van der Waals surface area (Å²) in [5, 5.41) is 0. The fourth-order valence-corrected chi connectivity index (χ4v) is 3.29. The third-order valence-electron chi connectivity index (χ3n) is 5.20. The van der Waals surface area contributed by atoms with Gasteiger partial charge in [0.2, 0.25) is 0 Å².